The zero-order valence-corrected chi connectivity index (χ0v) is 13.6. The Labute approximate surface area is 135 Å². The summed E-state index contributed by atoms with van der Waals surface area (Å²) in [5, 5.41) is 12.7. The van der Waals surface area contributed by atoms with E-state index in [2.05, 4.69) is 17.2 Å². The molecule has 1 aromatic carbocycles. The Kier molecular flexibility index (Phi) is 6.04. The van der Waals surface area contributed by atoms with E-state index in [-0.39, 0.29) is 24.2 Å². The summed E-state index contributed by atoms with van der Waals surface area (Å²) < 4.78 is 13.2. The fraction of sp³-hybridized carbons (Fsp3) is 0.444. The van der Waals surface area contributed by atoms with Crippen molar-refractivity contribution in [1.29, 1.82) is 0 Å². The smallest absolute Gasteiger partial charge is 0.253 e. The third-order valence-corrected chi connectivity index (χ3v) is 4.00. The Morgan fingerprint density at radius 2 is 2.13 bits per heavy atom. The molecule has 5 heteroatoms. The fourth-order valence-corrected chi connectivity index (χ4v) is 2.74. The van der Waals surface area contributed by atoms with Crippen LogP contribution in [0.2, 0.25) is 0 Å². The first-order valence-corrected chi connectivity index (χ1v) is 8.01. The number of nitrogens with zero attached hydrogens (tertiary/aromatic N) is 1. The Morgan fingerprint density at radius 3 is 2.83 bits per heavy atom. The minimum atomic E-state index is -0.340. The first-order chi connectivity index (χ1) is 11.0. The third kappa shape index (κ3) is 4.48. The molecule has 2 aromatic rings. The van der Waals surface area contributed by atoms with Gasteiger partial charge in [0.15, 0.2) is 0 Å². The normalized spacial score (nSPS) is 12.3. The van der Waals surface area contributed by atoms with Gasteiger partial charge in [-0.15, -0.1) is 0 Å². The molecule has 0 bridgehead atoms. The van der Waals surface area contributed by atoms with E-state index in [9.17, 15) is 9.18 Å². The van der Waals surface area contributed by atoms with Gasteiger partial charge in [0.25, 0.3) is 5.91 Å². The standard InChI is InChI=1S/C18H23FN2O2/c1-3-4-13(7-8-22)11-20-18(23)16-9-14-5-6-15(19)10-17(14)21-12(16)2/h5-6,9-10,13,22H,3-4,7-8,11H2,1-2H3,(H,20,23). The van der Waals surface area contributed by atoms with E-state index in [1.54, 1.807) is 19.1 Å². The highest BCUT2D eigenvalue weighted by Gasteiger charge is 2.14. The quantitative estimate of drug-likeness (QED) is 0.824. The van der Waals surface area contributed by atoms with Gasteiger partial charge in [-0.1, -0.05) is 13.3 Å². The zero-order chi connectivity index (χ0) is 16.8. The van der Waals surface area contributed by atoms with Crippen LogP contribution in [0.1, 0.15) is 42.2 Å². The Bertz CT molecular complexity index is 682. The van der Waals surface area contributed by atoms with Gasteiger partial charge in [-0.3, -0.25) is 9.78 Å². The van der Waals surface area contributed by atoms with Crippen LogP contribution in [0.15, 0.2) is 24.3 Å². The van der Waals surface area contributed by atoms with Crippen molar-refractivity contribution in [3.05, 3.63) is 41.3 Å². The molecule has 1 amide bonds. The van der Waals surface area contributed by atoms with Crippen molar-refractivity contribution in [2.45, 2.75) is 33.1 Å². The van der Waals surface area contributed by atoms with Crippen LogP contribution in [-0.2, 0) is 0 Å². The lowest BCUT2D eigenvalue weighted by molar-refractivity contribution is 0.0942. The maximum Gasteiger partial charge on any atom is 0.253 e. The lowest BCUT2D eigenvalue weighted by atomic mass is 10.00. The summed E-state index contributed by atoms with van der Waals surface area (Å²) in [4.78, 5) is 16.7. The highest BCUT2D eigenvalue weighted by molar-refractivity contribution is 5.98. The highest BCUT2D eigenvalue weighted by Crippen LogP contribution is 2.18. The Balaban J connectivity index is 2.14. The molecule has 1 atom stereocenters. The molecule has 0 spiro atoms. The van der Waals surface area contributed by atoms with E-state index in [1.165, 1.54) is 12.1 Å². The zero-order valence-electron chi connectivity index (χ0n) is 13.6. The maximum atomic E-state index is 13.2. The Morgan fingerprint density at radius 1 is 1.35 bits per heavy atom. The molecule has 0 fully saturated rings. The van der Waals surface area contributed by atoms with Gasteiger partial charge in [0, 0.05) is 24.6 Å². The van der Waals surface area contributed by atoms with Crippen LogP contribution < -0.4 is 5.32 Å². The van der Waals surface area contributed by atoms with E-state index in [0.29, 0.717) is 29.7 Å². The second-order valence-electron chi connectivity index (χ2n) is 5.84. The van der Waals surface area contributed by atoms with Crippen molar-refractivity contribution in [1.82, 2.24) is 10.3 Å². The topological polar surface area (TPSA) is 62.2 Å². The number of fused-ring (bicyclic) bond motifs is 1. The summed E-state index contributed by atoms with van der Waals surface area (Å²) in [5.41, 5.74) is 1.63. The molecule has 124 valence electrons. The average Bonchev–Trinajstić information content (AvgIpc) is 2.52. The van der Waals surface area contributed by atoms with Gasteiger partial charge in [0.05, 0.1) is 16.8 Å². The van der Waals surface area contributed by atoms with Crippen LogP contribution >= 0.6 is 0 Å². The van der Waals surface area contributed by atoms with Crippen molar-refractivity contribution in [3.8, 4) is 0 Å². The van der Waals surface area contributed by atoms with E-state index < -0.39 is 0 Å². The lowest BCUT2D eigenvalue weighted by Gasteiger charge is -2.16. The fourth-order valence-electron chi connectivity index (χ4n) is 2.74. The first kappa shape index (κ1) is 17.3. The minimum Gasteiger partial charge on any atom is -0.396 e. The van der Waals surface area contributed by atoms with Gasteiger partial charge >= 0.3 is 0 Å². The summed E-state index contributed by atoms with van der Waals surface area (Å²) in [6, 6.07) is 6.09. The van der Waals surface area contributed by atoms with E-state index in [1.807, 2.05) is 0 Å². The highest BCUT2D eigenvalue weighted by atomic mass is 19.1. The largest absolute Gasteiger partial charge is 0.396 e. The second-order valence-corrected chi connectivity index (χ2v) is 5.84. The van der Waals surface area contributed by atoms with Crippen LogP contribution in [0, 0.1) is 18.7 Å². The number of hydrogen-bond donors (Lipinski definition) is 2. The summed E-state index contributed by atoms with van der Waals surface area (Å²) in [6.07, 6.45) is 2.67. The average molecular weight is 318 g/mol. The third-order valence-electron chi connectivity index (χ3n) is 4.00. The molecule has 2 rings (SSSR count). The van der Waals surface area contributed by atoms with Crippen LogP contribution in [0.5, 0.6) is 0 Å². The number of aromatic nitrogens is 1. The second kappa shape index (κ2) is 8.02. The lowest BCUT2D eigenvalue weighted by Crippen LogP contribution is -2.30. The van der Waals surface area contributed by atoms with E-state index in [0.717, 1.165) is 18.2 Å². The van der Waals surface area contributed by atoms with Crippen LogP contribution in [-0.4, -0.2) is 29.1 Å². The van der Waals surface area contributed by atoms with Crippen molar-refractivity contribution in [2.75, 3.05) is 13.2 Å². The monoisotopic (exact) mass is 318 g/mol. The van der Waals surface area contributed by atoms with Crippen LogP contribution in [0.4, 0.5) is 4.39 Å². The molecule has 0 aliphatic heterocycles. The Hall–Kier alpha value is -2.01. The van der Waals surface area contributed by atoms with Gasteiger partial charge in [0.2, 0.25) is 0 Å². The number of pyridine rings is 1. The van der Waals surface area contributed by atoms with Crippen molar-refractivity contribution < 1.29 is 14.3 Å². The number of benzene rings is 1. The summed E-state index contributed by atoms with van der Waals surface area (Å²) in [7, 11) is 0. The first-order valence-electron chi connectivity index (χ1n) is 8.01. The predicted octanol–water partition coefficient (Wildman–Crippen LogP) is 3.21. The van der Waals surface area contributed by atoms with Gasteiger partial charge in [-0.05, 0) is 43.9 Å². The van der Waals surface area contributed by atoms with Crippen molar-refractivity contribution in [2.24, 2.45) is 5.92 Å². The van der Waals surface area contributed by atoms with Crippen LogP contribution in [0.25, 0.3) is 10.9 Å². The molecule has 0 radical (unpaired) electrons. The molecular formula is C18H23FN2O2. The summed E-state index contributed by atoms with van der Waals surface area (Å²) >= 11 is 0. The number of halogens is 1. The van der Waals surface area contributed by atoms with Gasteiger partial charge in [-0.2, -0.15) is 0 Å². The molecule has 1 unspecified atom stereocenters. The maximum absolute atomic E-state index is 13.2. The predicted molar refractivity (Wildman–Crippen MR) is 88.9 cm³/mol. The van der Waals surface area contributed by atoms with E-state index in [4.69, 9.17) is 5.11 Å². The van der Waals surface area contributed by atoms with Crippen molar-refractivity contribution in [3.63, 3.8) is 0 Å². The number of carbonyl (C=O) groups excluding carboxylic acids is 1. The number of aliphatic hydroxyl groups excluding tert-OH is 1. The minimum absolute atomic E-state index is 0.128. The molecule has 4 nitrogen and oxygen atoms in total. The molecule has 0 saturated heterocycles. The molecular weight excluding hydrogens is 295 g/mol. The number of amides is 1. The summed E-state index contributed by atoms with van der Waals surface area (Å²) in [6.45, 7) is 4.50. The number of nitrogens with one attached hydrogen (secondary N) is 1. The van der Waals surface area contributed by atoms with Gasteiger partial charge in [-0.25, -0.2) is 4.39 Å². The number of aliphatic hydroxyl groups is 1. The molecule has 23 heavy (non-hydrogen) atoms. The summed E-state index contributed by atoms with van der Waals surface area (Å²) in [5.74, 6) is -0.245. The number of rotatable bonds is 7. The number of aryl methyl sites for hydroxylation is 1. The molecule has 1 heterocycles. The molecule has 0 aliphatic carbocycles. The molecule has 0 aliphatic rings. The van der Waals surface area contributed by atoms with Crippen molar-refractivity contribution >= 4 is 16.8 Å². The molecule has 1 aromatic heterocycles. The molecule has 0 saturated carbocycles. The van der Waals surface area contributed by atoms with Crippen LogP contribution in [0.3, 0.4) is 0 Å². The molecule has 2 N–H and O–H groups in total. The number of carbonyl (C=O) groups is 1. The van der Waals surface area contributed by atoms with Gasteiger partial charge in [0.1, 0.15) is 5.82 Å². The van der Waals surface area contributed by atoms with Gasteiger partial charge < -0.3 is 10.4 Å². The van der Waals surface area contributed by atoms with E-state index >= 15 is 0 Å². The SMILES string of the molecule is CCCC(CCO)CNC(=O)c1cc2ccc(F)cc2nc1C. The number of hydrogen-bond acceptors (Lipinski definition) is 3.